The van der Waals surface area contributed by atoms with E-state index in [-0.39, 0.29) is 23.5 Å². The highest BCUT2D eigenvalue weighted by Gasteiger charge is 2.12. The van der Waals surface area contributed by atoms with Gasteiger partial charge < -0.3 is 10.1 Å². The summed E-state index contributed by atoms with van der Waals surface area (Å²) in [5, 5.41) is 2.90. The standard InChI is InChI=1S/C20H22N4O4/c1-12(2)13-5-7-15(8-6-13)28-11-17(25)22-14-9-16-18(21-10-14)23(3)20(27)24(4)19(16)26/h5-10,12H,11H2,1-4H3,(H,22,25). The van der Waals surface area contributed by atoms with Gasteiger partial charge in [-0.15, -0.1) is 0 Å². The van der Waals surface area contributed by atoms with Crippen LogP contribution in [0.4, 0.5) is 5.69 Å². The first-order valence-corrected chi connectivity index (χ1v) is 8.86. The Bertz CT molecular complexity index is 1140. The predicted molar refractivity (Wildman–Crippen MR) is 107 cm³/mol. The molecule has 28 heavy (non-hydrogen) atoms. The van der Waals surface area contributed by atoms with Crippen LogP contribution >= 0.6 is 0 Å². The van der Waals surface area contributed by atoms with Crippen LogP contribution in [-0.4, -0.2) is 26.6 Å². The van der Waals surface area contributed by atoms with Gasteiger partial charge in [0.05, 0.1) is 17.3 Å². The van der Waals surface area contributed by atoms with E-state index in [1.54, 1.807) is 0 Å². The van der Waals surface area contributed by atoms with Crippen LogP contribution in [0.5, 0.6) is 5.75 Å². The number of amides is 1. The lowest BCUT2D eigenvalue weighted by molar-refractivity contribution is -0.118. The molecule has 2 aromatic heterocycles. The van der Waals surface area contributed by atoms with Crippen molar-refractivity contribution >= 4 is 22.6 Å². The Hall–Kier alpha value is -3.42. The van der Waals surface area contributed by atoms with E-state index in [0.717, 1.165) is 4.57 Å². The van der Waals surface area contributed by atoms with E-state index in [9.17, 15) is 14.4 Å². The maximum absolute atomic E-state index is 12.3. The molecule has 0 unspecified atom stereocenters. The molecule has 3 aromatic rings. The Morgan fingerprint density at radius 2 is 1.82 bits per heavy atom. The number of benzene rings is 1. The number of fused-ring (bicyclic) bond motifs is 1. The molecule has 0 saturated heterocycles. The van der Waals surface area contributed by atoms with Gasteiger partial charge in [-0.1, -0.05) is 26.0 Å². The van der Waals surface area contributed by atoms with Crippen molar-refractivity contribution < 1.29 is 9.53 Å². The Morgan fingerprint density at radius 1 is 1.14 bits per heavy atom. The minimum atomic E-state index is -0.469. The van der Waals surface area contributed by atoms with E-state index in [1.807, 2.05) is 24.3 Å². The fourth-order valence-electron chi connectivity index (χ4n) is 2.83. The van der Waals surface area contributed by atoms with Crippen molar-refractivity contribution in [3.05, 3.63) is 62.9 Å². The smallest absolute Gasteiger partial charge is 0.332 e. The number of ether oxygens (including phenoxy) is 1. The average Bonchev–Trinajstić information content (AvgIpc) is 2.69. The van der Waals surface area contributed by atoms with Crippen molar-refractivity contribution in [3.63, 3.8) is 0 Å². The number of anilines is 1. The van der Waals surface area contributed by atoms with E-state index in [2.05, 4.69) is 24.1 Å². The van der Waals surface area contributed by atoms with Gasteiger partial charge in [0.1, 0.15) is 11.4 Å². The number of hydrogen-bond donors (Lipinski definition) is 1. The second-order valence-electron chi connectivity index (χ2n) is 6.86. The molecule has 1 N–H and O–H groups in total. The van der Waals surface area contributed by atoms with Crippen LogP contribution in [0, 0.1) is 0 Å². The summed E-state index contributed by atoms with van der Waals surface area (Å²) in [5.74, 6) is 0.640. The van der Waals surface area contributed by atoms with E-state index in [4.69, 9.17) is 4.74 Å². The molecule has 146 valence electrons. The number of pyridine rings is 1. The maximum Gasteiger partial charge on any atom is 0.332 e. The number of rotatable bonds is 5. The number of nitrogens with zero attached hydrogens (tertiary/aromatic N) is 3. The lowest BCUT2D eigenvalue weighted by Crippen LogP contribution is -2.37. The van der Waals surface area contributed by atoms with E-state index in [0.29, 0.717) is 17.4 Å². The molecular formula is C20H22N4O4. The molecule has 0 aliphatic carbocycles. The van der Waals surface area contributed by atoms with Gasteiger partial charge in [0.25, 0.3) is 11.5 Å². The zero-order valence-electron chi connectivity index (χ0n) is 16.2. The number of carbonyl (C=O) groups is 1. The van der Waals surface area contributed by atoms with Gasteiger partial charge in [0, 0.05) is 14.1 Å². The van der Waals surface area contributed by atoms with E-state index in [1.165, 1.54) is 36.5 Å². The highest BCUT2D eigenvalue weighted by atomic mass is 16.5. The van der Waals surface area contributed by atoms with E-state index >= 15 is 0 Å². The van der Waals surface area contributed by atoms with Crippen LogP contribution in [0.25, 0.3) is 11.0 Å². The molecule has 0 radical (unpaired) electrons. The molecule has 0 fully saturated rings. The van der Waals surface area contributed by atoms with Crippen LogP contribution in [0.2, 0.25) is 0 Å². The Kier molecular flexibility index (Phi) is 5.30. The van der Waals surface area contributed by atoms with Crippen molar-refractivity contribution in [2.45, 2.75) is 19.8 Å². The van der Waals surface area contributed by atoms with Gasteiger partial charge in [-0.3, -0.25) is 18.7 Å². The summed E-state index contributed by atoms with van der Waals surface area (Å²) in [6.45, 7) is 4.03. The largest absolute Gasteiger partial charge is 0.484 e. The molecule has 0 spiro atoms. The second-order valence-corrected chi connectivity index (χ2v) is 6.86. The van der Waals surface area contributed by atoms with Crippen molar-refractivity contribution in [2.24, 2.45) is 14.1 Å². The van der Waals surface area contributed by atoms with Gasteiger partial charge in [0.2, 0.25) is 0 Å². The minimum absolute atomic E-state index is 0.176. The molecule has 0 bridgehead atoms. The maximum atomic E-state index is 12.3. The SMILES string of the molecule is CC(C)c1ccc(OCC(=O)Nc2cnc3c(c2)c(=O)n(C)c(=O)n3C)cc1. The number of aromatic nitrogens is 3. The van der Waals surface area contributed by atoms with Crippen LogP contribution in [-0.2, 0) is 18.9 Å². The first-order chi connectivity index (χ1) is 13.3. The normalized spacial score (nSPS) is 11.0. The topological polar surface area (TPSA) is 95.2 Å². The third-order valence-electron chi connectivity index (χ3n) is 4.49. The number of carbonyl (C=O) groups excluding carboxylic acids is 1. The predicted octanol–water partition coefficient (Wildman–Crippen LogP) is 1.77. The van der Waals surface area contributed by atoms with Crippen molar-refractivity contribution in [1.29, 1.82) is 0 Å². The third kappa shape index (κ3) is 3.80. The summed E-state index contributed by atoms with van der Waals surface area (Å²) in [6.07, 6.45) is 1.40. The molecule has 0 saturated carbocycles. The molecular weight excluding hydrogens is 360 g/mol. The number of aryl methyl sites for hydroxylation is 1. The molecule has 0 aliphatic rings. The van der Waals surface area contributed by atoms with Gasteiger partial charge in [-0.25, -0.2) is 9.78 Å². The molecule has 8 heteroatoms. The van der Waals surface area contributed by atoms with Crippen molar-refractivity contribution in [2.75, 3.05) is 11.9 Å². The first-order valence-electron chi connectivity index (χ1n) is 8.86. The Morgan fingerprint density at radius 3 is 2.46 bits per heavy atom. The van der Waals surface area contributed by atoms with Gasteiger partial charge in [0.15, 0.2) is 6.61 Å². The van der Waals surface area contributed by atoms with Crippen LogP contribution in [0.15, 0.2) is 46.1 Å². The zero-order valence-corrected chi connectivity index (χ0v) is 16.2. The summed E-state index contributed by atoms with van der Waals surface area (Å²) in [7, 11) is 2.93. The fraction of sp³-hybridized carbons (Fsp3) is 0.300. The first kappa shape index (κ1) is 19.3. The quantitative estimate of drug-likeness (QED) is 0.726. The fourth-order valence-corrected chi connectivity index (χ4v) is 2.83. The summed E-state index contributed by atoms with van der Waals surface area (Å²) in [6, 6.07) is 9.07. The molecule has 2 heterocycles. The number of hydrogen-bond acceptors (Lipinski definition) is 5. The second kappa shape index (κ2) is 7.67. The summed E-state index contributed by atoms with van der Waals surface area (Å²) >= 11 is 0. The molecule has 1 amide bonds. The average molecular weight is 382 g/mol. The van der Waals surface area contributed by atoms with Crippen molar-refractivity contribution in [3.8, 4) is 5.75 Å². The highest BCUT2D eigenvalue weighted by molar-refractivity contribution is 5.93. The summed E-state index contributed by atoms with van der Waals surface area (Å²) < 4.78 is 7.78. The highest BCUT2D eigenvalue weighted by Crippen LogP contribution is 2.18. The molecule has 8 nitrogen and oxygen atoms in total. The Labute approximate surface area is 161 Å². The van der Waals surface area contributed by atoms with Gasteiger partial charge in [-0.05, 0) is 29.7 Å². The monoisotopic (exact) mass is 382 g/mol. The van der Waals surface area contributed by atoms with Crippen LogP contribution < -0.4 is 21.3 Å². The molecule has 1 aromatic carbocycles. The minimum Gasteiger partial charge on any atom is -0.484 e. The zero-order chi connectivity index (χ0) is 20.4. The Balaban J connectivity index is 1.72. The summed E-state index contributed by atoms with van der Waals surface area (Å²) in [5.41, 5.74) is 0.872. The third-order valence-corrected chi connectivity index (χ3v) is 4.49. The van der Waals surface area contributed by atoms with Crippen LogP contribution in [0.3, 0.4) is 0 Å². The van der Waals surface area contributed by atoms with Gasteiger partial charge in [-0.2, -0.15) is 0 Å². The molecule has 3 rings (SSSR count). The van der Waals surface area contributed by atoms with E-state index < -0.39 is 11.2 Å². The lowest BCUT2D eigenvalue weighted by Gasteiger charge is -2.10. The molecule has 0 atom stereocenters. The summed E-state index contributed by atoms with van der Waals surface area (Å²) in [4.78, 5) is 40.5. The lowest BCUT2D eigenvalue weighted by atomic mass is 10.0. The van der Waals surface area contributed by atoms with Crippen molar-refractivity contribution in [1.82, 2.24) is 14.1 Å². The van der Waals surface area contributed by atoms with Gasteiger partial charge >= 0.3 is 5.69 Å². The number of nitrogens with one attached hydrogen (secondary N) is 1. The van der Waals surface area contributed by atoms with Crippen LogP contribution in [0.1, 0.15) is 25.3 Å². The molecule has 0 aliphatic heterocycles.